The van der Waals surface area contributed by atoms with Crippen molar-refractivity contribution in [3.05, 3.63) is 71.5 Å². The average molecular weight is 447 g/mol. The van der Waals surface area contributed by atoms with Gasteiger partial charge in [-0.1, -0.05) is 20.8 Å². The van der Waals surface area contributed by atoms with Crippen molar-refractivity contribution in [2.45, 2.75) is 40.2 Å². The van der Waals surface area contributed by atoms with Gasteiger partial charge in [-0.15, -0.1) is 0 Å². The van der Waals surface area contributed by atoms with Crippen LogP contribution in [0.4, 0.5) is 5.69 Å². The summed E-state index contributed by atoms with van der Waals surface area (Å²) in [5.74, 6) is 2.43. The predicted molar refractivity (Wildman–Crippen MR) is 128 cm³/mol. The van der Waals surface area contributed by atoms with Gasteiger partial charge in [0.15, 0.2) is 0 Å². The fourth-order valence-electron chi connectivity index (χ4n) is 3.97. The van der Waals surface area contributed by atoms with Crippen molar-refractivity contribution in [1.29, 1.82) is 0 Å². The Bertz CT molecular complexity index is 1140. The Balaban J connectivity index is 1.43. The summed E-state index contributed by atoms with van der Waals surface area (Å²) >= 11 is 0. The lowest BCUT2D eigenvalue weighted by molar-refractivity contribution is -0.117. The van der Waals surface area contributed by atoms with Crippen molar-refractivity contribution in [3.63, 3.8) is 0 Å². The van der Waals surface area contributed by atoms with Gasteiger partial charge in [0.2, 0.25) is 5.91 Å². The van der Waals surface area contributed by atoms with Gasteiger partial charge < -0.3 is 19.4 Å². The summed E-state index contributed by atoms with van der Waals surface area (Å²) in [6.45, 7) is 7.26. The first-order chi connectivity index (χ1) is 15.7. The van der Waals surface area contributed by atoms with E-state index in [4.69, 9.17) is 9.15 Å². The first-order valence-electron chi connectivity index (χ1n) is 11.2. The molecule has 1 aliphatic heterocycles. The number of rotatable bonds is 5. The molecule has 6 nitrogen and oxygen atoms in total. The summed E-state index contributed by atoms with van der Waals surface area (Å²) in [6.07, 6.45) is 1.14. The van der Waals surface area contributed by atoms with Gasteiger partial charge in [0.25, 0.3) is 5.91 Å². The van der Waals surface area contributed by atoms with Crippen molar-refractivity contribution in [2.24, 2.45) is 5.41 Å². The molecule has 0 unspecified atom stereocenters. The highest BCUT2D eigenvalue weighted by atomic mass is 16.5. The van der Waals surface area contributed by atoms with Gasteiger partial charge in [-0.25, -0.2) is 0 Å². The van der Waals surface area contributed by atoms with E-state index in [1.165, 1.54) is 0 Å². The number of nitrogens with zero attached hydrogens (tertiary/aromatic N) is 1. The van der Waals surface area contributed by atoms with Crippen molar-refractivity contribution in [1.82, 2.24) is 4.90 Å². The second-order valence-corrected chi connectivity index (χ2v) is 9.63. The molecule has 6 heteroatoms. The topological polar surface area (TPSA) is 71.8 Å². The lowest BCUT2D eigenvalue weighted by Gasteiger charge is -2.26. The number of furan rings is 1. The zero-order valence-electron chi connectivity index (χ0n) is 19.6. The van der Waals surface area contributed by atoms with E-state index >= 15 is 0 Å². The number of hydrogen-bond acceptors (Lipinski definition) is 4. The van der Waals surface area contributed by atoms with Crippen LogP contribution in [0.25, 0.3) is 11.3 Å². The second kappa shape index (κ2) is 9.14. The molecular weight excluding hydrogens is 416 g/mol. The molecule has 2 amide bonds. The lowest BCUT2D eigenvalue weighted by Crippen LogP contribution is -2.35. The summed E-state index contributed by atoms with van der Waals surface area (Å²) < 4.78 is 11.3. The Morgan fingerprint density at radius 2 is 1.76 bits per heavy atom. The summed E-state index contributed by atoms with van der Waals surface area (Å²) in [5.41, 5.74) is 3.32. The van der Waals surface area contributed by atoms with Crippen LogP contribution in [0.15, 0.2) is 59.0 Å². The first kappa shape index (κ1) is 22.6. The van der Waals surface area contributed by atoms with Crippen LogP contribution >= 0.6 is 0 Å². The minimum atomic E-state index is -0.0556. The first-order valence-corrected chi connectivity index (χ1v) is 11.2. The van der Waals surface area contributed by atoms with E-state index in [1.54, 1.807) is 31.4 Å². The van der Waals surface area contributed by atoms with E-state index in [1.807, 2.05) is 56.0 Å². The quantitative estimate of drug-likeness (QED) is 0.559. The largest absolute Gasteiger partial charge is 0.497 e. The zero-order valence-corrected chi connectivity index (χ0v) is 19.6. The second-order valence-electron chi connectivity index (χ2n) is 9.63. The molecule has 4 rings (SSSR count). The van der Waals surface area contributed by atoms with Crippen LogP contribution in [0.3, 0.4) is 0 Å². The molecule has 1 aliphatic rings. The highest BCUT2D eigenvalue weighted by molar-refractivity contribution is 5.94. The fourth-order valence-corrected chi connectivity index (χ4v) is 3.97. The third-order valence-electron chi connectivity index (χ3n) is 5.63. The van der Waals surface area contributed by atoms with Gasteiger partial charge in [-0.3, -0.25) is 9.59 Å². The Kier molecular flexibility index (Phi) is 6.27. The van der Waals surface area contributed by atoms with Crippen LogP contribution in [0.1, 0.15) is 48.9 Å². The fraction of sp³-hybridized carbons (Fsp3) is 0.333. The number of benzene rings is 2. The molecule has 0 aliphatic carbocycles. The molecule has 0 fully saturated rings. The molecule has 172 valence electrons. The maximum Gasteiger partial charge on any atom is 0.254 e. The van der Waals surface area contributed by atoms with Crippen LogP contribution in [0.2, 0.25) is 0 Å². The number of nitrogens with one attached hydrogen (secondary N) is 1. The number of methoxy groups -OCH3 is 1. The monoisotopic (exact) mass is 446 g/mol. The van der Waals surface area contributed by atoms with E-state index in [9.17, 15) is 9.59 Å². The van der Waals surface area contributed by atoms with Gasteiger partial charge in [-0.05, 0) is 60.0 Å². The van der Waals surface area contributed by atoms with Gasteiger partial charge in [0.1, 0.15) is 17.3 Å². The molecule has 0 bridgehead atoms. The number of amides is 2. The van der Waals surface area contributed by atoms with Crippen LogP contribution in [0.5, 0.6) is 5.75 Å². The van der Waals surface area contributed by atoms with Crippen LogP contribution in [-0.4, -0.2) is 30.4 Å². The molecule has 3 aromatic rings. The molecule has 0 spiro atoms. The maximum atomic E-state index is 12.9. The van der Waals surface area contributed by atoms with E-state index < -0.39 is 0 Å². The van der Waals surface area contributed by atoms with Crippen molar-refractivity contribution in [2.75, 3.05) is 19.0 Å². The van der Waals surface area contributed by atoms with E-state index in [0.717, 1.165) is 34.1 Å². The summed E-state index contributed by atoms with van der Waals surface area (Å²) in [6, 6.07) is 16.8. The molecule has 33 heavy (non-hydrogen) atoms. The van der Waals surface area contributed by atoms with Gasteiger partial charge >= 0.3 is 0 Å². The molecule has 0 radical (unpaired) electrons. The molecule has 0 atom stereocenters. The van der Waals surface area contributed by atoms with Gasteiger partial charge in [0.05, 0.1) is 7.11 Å². The number of carbonyl (C=O) groups is 2. The summed E-state index contributed by atoms with van der Waals surface area (Å²) in [4.78, 5) is 26.9. The number of anilines is 1. The summed E-state index contributed by atoms with van der Waals surface area (Å²) in [5, 5.41) is 2.95. The normalized spacial score (nSPS) is 13.4. The third kappa shape index (κ3) is 5.45. The Labute approximate surface area is 194 Å². The summed E-state index contributed by atoms with van der Waals surface area (Å²) in [7, 11) is 1.61. The number of hydrogen-bond donors (Lipinski definition) is 1. The minimum Gasteiger partial charge on any atom is -0.497 e. The van der Waals surface area contributed by atoms with Crippen LogP contribution < -0.4 is 10.1 Å². The smallest absolute Gasteiger partial charge is 0.254 e. The standard InChI is InChI=1S/C27H30N2O4/c1-27(2,3)16-25(30)28-21-9-5-18(6-10-21)24-15-20-17-29(14-13-23(20)33-24)26(31)19-7-11-22(32-4)12-8-19/h5-12,15H,13-14,16-17H2,1-4H3,(H,28,30). The number of carbonyl (C=O) groups excluding carboxylic acids is 2. The highest BCUT2D eigenvalue weighted by Gasteiger charge is 2.25. The van der Waals surface area contributed by atoms with E-state index in [0.29, 0.717) is 31.5 Å². The van der Waals surface area contributed by atoms with Crippen LogP contribution in [-0.2, 0) is 17.8 Å². The molecule has 0 saturated heterocycles. The highest BCUT2D eigenvalue weighted by Crippen LogP contribution is 2.31. The average Bonchev–Trinajstić information content (AvgIpc) is 3.21. The van der Waals surface area contributed by atoms with Crippen molar-refractivity contribution >= 4 is 17.5 Å². The Morgan fingerprint density at radius 3 is 2.39 bits per heavy atom. The zero-order chi connectivity index (χ0) is 23.6. The van der Waals surface area contributed by atoms with Gasteiger partial charge in [-0.2, -0.15) is 0 Å². The minimum absolute atomic E-state index is 0.00130. The maximum absolute atomic E-state index is 12.9. The Morgan fingerprint density at radius 1 is 1.06 bits per heavy atom. The molecular formula is C27H30N2O4. The van der Waals surface area contributed by atoms with Crippen molar-refractivity contribution in [3.8, 4) is 17.1 Å². The van der Waals surface area contributed by atoms with Crippen molar-refractivity contribution < 1.29 is 18.7 Å². The third-order valence-corrected chi connectivity index (χ3v) is 5.63. The SMILES string of the molecule is COc1ccc(C(=O)N2CCc3oc(-c4ccc(NC(=O)CC(C)(C)C)cc4)cc3C2)cc1. The Hall–Kier alpha value is -3.54. The lowest BCUT2D eigenvalue weighted by atomic mass is 9.92. The number of ether oxygens (including phenoxy) is 1. The van der Waals surface area contributed by atoms with E-state index in [2.05, 4.69) is 5.32 Å². The van der Waals surface area contributed by atoms with E-state index in [-0.39, 0.29) is 17.2 Å². The molecule has 1 N–H and O–H groups in total. The molecule has 0 saturated carbocycles. The predicted octanol–water partition coefficient (Wildman–Crippen LogP) is 5.53. The molecule has 2 aromatic carbocycles. The van der Waals surface area contributed by atoms with Crippen LogP contribution in [0, 0.1) is 5.41 Å². The van der Waals surface area contributed by atoms with Gasteiger partial charge in [0, 0.05) is 48.3 Å². The number of fused-ring (bicyclic) bond motifs is 1. The molecule has 1 aromatic heterocycles. The molecule has 2 heterocycles.